The molecule has 32 valence electrons. The predicted octanol–water partition coefficient (Wildman–Crippen LogP) is 1.67. The molecular formula is C4H10Zn3. The number of rotatable bonds is 0. The fourth-order valence-corrected chi connectivity index (χ4v) is 0. The third-order valence-corrected chi connectivity index (χ3v) is 0. The molecule has 0 bridgehead atoms. The summed E-state index contributed by atoms with van der Waals surface area (Å²) in [6.07, 6.45) is 0. The van der Waals surface area contributed by atoms with Crippen LogP contribution >= 0.6 is 0 Å². The third kappa shape index (κ3) is 77.5. The molecule has 0 unspecified atom stereocenters. The average Bonchev–Trinajstić information content (AvgIpc) is 1.50. The molecule has 0 rings (SSSR count). The molecule has 7 heavy (non-hydrogen) atoms. The Morgan fingerprint density at radius 3 is 0.714 bits per heavy atom. The first-order valence-corrected chi connectivity index (χ1v) is 1.41. The van der Waals surface area contributed by atoms with E-state index in [4.69, 9.17) is 0 Å². The van der Waals surface area contributed by atoms with E-state index < -0.39 is 0 Å². The summed E-state index contributed by atoms with van der Waals surface area (Å²) in [6.45, 7) is 10.0. The summed E-state index contributed by atoms with van der Waals surface area (Å²) in [6, 6.07) is 0. The van der Waals surface area contributed by atoms with Crippen molar-refractivity contribution in [2.75, 3.05) is 0 Å². The molecule has 0 radical (unpaired) electrons. The maximum atomic E-state index is 3.25. The van der Waals surface area contributed by atoms with E-state index in [2.05, 4.69) is 13.8 Å². The fourth-order valence-electron chi connectivity index (χ4n) is 0. The van der Waals surface area contributed by atoms with Gasteiger partial charge in [-0.3, -0.25) is 0 Å². The minimum absolute atomic E-state index is 0. The van der Waals surface area contributed by atoms with Crippen molar-refractivity contribution in [3.05, 3.63) is 13.8 Å². The van der Waals surface area contributed by atoms with Crippen LogP contribution < -0.4 is 0 Å². The molecular weight excluding hydrogens is 244 g/mol. The molecule has 0 aliphatic carbocycles. The van der Waals surface area contributed by atoms with Crippen LogP contribution in [0.1, 0.15) is 13.8 Å². The van der Waals surface area contributed by atoms with Crippen molar-refractivity contribution >= 4 is 0 Å². The van der Waals surface area contributed by atoms with Crippen LogP contribution in [0.4, 0.5) is 0 Å². The Morgan fingerprint density at radius 1 is 0.714 bits per heavy atom. The SMILES string of the molecule is [CH2-]C.[CH2-]C.[Zn+2].[Zn].[Zn]. The van der Waals surface area contributed by atoms with E-state index >= 15 is 0 Å². The Kier molecular flexibility index (Phi) is 557. The second kappa shape index (κ2) is 106. The zero-order chi connectivity index (χ0) is 4.00. The van der Waals surface area contributed by atoms with Gasteiger partial charge in [-0.2, -0.15) is 13.8 Å². The van der Waals surface area contributed by atoms with Gasteiger partial charge in [-0.05, 0) is 0 Å². The third-order valence-electron chi connectivity index (χ3n) is 0. The van der Waals surface area contributed by atoms with E-state index in [0.717, 1.165) is 0 Å². The molecule has 0 atom stereocenters. The molecule has 0 aromatic rings. The monoisotopic (exact) mass is 250 g/mol. The second-order valence-electron chi connectivity index (χ2n) is 0. The quantitative estimate of drug-likeness (QED) is 0.456. The van der Waals surface area contributed by atoms with Gasteiger partial charge in [-0.25, -0.2) is 0 Å². The molecule has 0 saturated carbocycles. The molecule has 0 aromatic heterocycles. The van der Waals surface area contributed by atoms with Gasteiger partial charge in [-0.1, -0.05) is 0 Å². The van der Waals surface area contributed by atoms with Crippen molar-refractivity contribution < 1.29 is 58.4 Å². The van der Waals surface area contributed by atoms with E-state index in [1.807, 2.05) is 0 Å². The van der Waals surface area contributed by atoms with Crippen LogP contribution in [0.2, 0.25) is 0 Å². The van der Waals surface area contributed by atoms with Gasteiger partial charge in [0, 0.05) is 39.0 Å². The first-order chi connectivity index (χ1) is 2.00. The Morgan fingerprint density at radius 2 is 0.714 bits per heavy atom. The molecule has 0 aromatic carbocycles. The second-order valence-corrected chi connectivity index (χ2v) is 0. The van der Waals surface area contributed by atoms with Gasteiger partial charge in [0.1, 0.15) is 0 Å². The largest absolute Gasteiger partial charge is 2.00 e. The normalized spacial score (nSPS) is 1.71. The van der Waals surface area contributed by atoms with Crippen LogP contribution in [-0.4, -0.2) is 0 Å². The molecule has 0 aliphatic rings. The van der Waals surface area contributed by atoms with E-state index in [1.54, 1.807) is 13.8 Å². The van der Waals surface area contributed by atoms with Crippen LogP contribution in [0.5, 0.6) is 0 Å². The topological polar surface area (TPSA) is 0 Å². The van der Waals surface area contributed by atoms with E-state index in [1.165, 1.54) is 0 Å². The first-order valence-electron chi connectivity index (χ1n) is 1.41. The molecule has 0 nitrogen and oxygen atoms in total. The van der Waals surface area contributed by atoms with E-state index in [0.29, 0.717) is 0 Å². The minimum Gasteiger partial charge on any atom is -0.346 e. The molecule has 0 saturated heterocycles. The summed E-state index contributed by atoms with van der Waals surface area (Å²) in [5.74, 6) is 0. The maximum Gasteiger partial charge on any atom is 2.00 e. The minimum atomic E-state index is 0. The number of hydrogen-bond acceptors (Lipinski definition) is 0. The van der Waals surface area contributed by atoms with E-state index in [-0.39, 0.29) is 58.4 Å². The Bertz CT molecular complexity index is 6.90. The van der Waals surface area contributed by atoms with Gasteiger partial charge in [0.2, 0.25) is 0 Å². The van der Waals surface area contributed by atoms with Crippen molar-refractivity contribution in [2.45, 2.75) is 13.8 Å². The Labute approximate surface area is 85.5 Å². The van der Waals surface area contributed by atoms with Crippen molar-refractivity contribution in [1.82, 2.24) is 0 Å². The van der Waals surface area contributed by atoms with Gasteiger partial charge in [-0.15, -0.1) is 0 Å². The summed E-state index contributed by atoms with van der Waals surface area (Å²) in [5.41, 5.74) is 0. The molecule has 0 N–H and O–H groups in total. The molecule has 0 aliphatic heterocycles. The molecule has 0 spiro atoms. The number of hydrogen-bond donors (Lipinski definition) is 0. The summed E-state index contributed by atoms with van der Waals surface area (Å²) in [7, 11) is 0. The van der Waals surface area contributed by atoms with Gasteiger partial charge in [0.15, 0.2) is 0 Å². The van der Waals surface area contributed by atoms with Crippen LogP contribution in [-0.2, 0) is 58.4 Å². The standard InChI is InChI=1S/2C2H5.3Zn/c2*1-2;;;/h2*1H2,2H3;;;/q2*-1;;;+2. The molecule has 0 heterocycles. The van der Waals surface area contributed by atoms with Crippen LogP contribution in [0.25, 0.3) is 0 Å². The smallest absolute Gasteiger partial charge is 0.346 e. The van der Waals surface area contributed by atoms with Gasteiger partial charge >= 0.3 is 19.5 Å². The van der Waals surface area contributed by atoms with Crippen molar-refractivity contribution in [1.29, 1.82) is 0 Å². The van der Waals surface area contributed by atoms with Gasteiger partial charge < -0.3 is 13.8 Å². The zero-order valence-electron chi connectivity index (χ0n) is 5.54. The fraction of sp³-hybridized carbons (Fsp3) is 0.500. The Balaban J connectivity index is -0.00000000267. The van der Waals surface area contributed by atoms with Crippen molar-refractivity contribution in [3.63, 3.8) is 0 Å². The molecule has 0 fully saturated rings. The van der Waals surface area contributed by atoms with Crippen LogP contribution in [0.15, 0.2) is 0 Å². The van der Waals surface area contributed by atoms with Gasteiger partial charge in [0.05, 0.1) is 0 Å². The van der Waals surface area contributed by atoms with Gasteiger partial charge in [0.25, 0.3) is 0 Å². The summed E-state index contributed by atoms with van der Waals surface area (Å²) in [4.78, 5) is 0. The molecule has 3 heteroatoms. The van der Waals surface area contributed by atoms with Crippen molar-refractivity contribution in [2.24, 2.45) is 0 Å². The van der Waals surface area contributed by atoms with Crippen molar-refractivity contribution in [3.8, 4) is 0 Å². The first kappa shape index (κ1) is 36.7. The van der Waals surface area contributed by atoms with Crippen LogP contribution in [0.3, 0.4) is 0 Å². The summed E-state index contributed by atoms with van der Waals surface area (Å²) >= 11 is 0. The maximum absolute atomic E-state index is 3.25. The Hall–Kier alpha value is 1.87. The van der Waals surface area contributed by atoms with Crippen LogP contribution in [0, 0.1) is 13.8 Å². The predicted molar refractivity (Wildman–Crippen MR) is 22.1 cm³/mol. The average molecular weight is 254 g/mol. The zero-order valence-corrected chi connectivity index (χ0v) is 14.4. The van der Waals surface area contributed by atoms with E-state index in [9.17, 15) is 0 Å². The molecule has 0 amide bonds. The summed E-state index contributed by atoms with van der Waals surface area (Å²) < 4.78 is 0. The summed E-state index contributed by atoms with van der Waals surface area (Å²) in [5, 5.41) is 0.